The van der Waals surface area contributed by atoms with E-state index in [1.54, 1.807) is 27.7 Å². The summed E-state index contributed by atoms with van der Waals surface area (Å²) in [6, 6.07) is 0. The van der Waals surface area contributed by atoms with Crippen LogP contribution in [0.3, 0.4) is 0 Å². The Morgan fingerprint density at radius 1 is 1.15 bits per heavy atom. The summed E-state index contributed by atoms with van der Waals surface area (Å²) in [4.78, 5) is 12.2. The SMILES string of the molecule is CC1(C)OB(C(F)=C(CN2CCC(CC(=O)O)CC2)C(F)(F)F)OC1(C)C. The monoisotopic (exact) mass is 395 g/mol. The second kappa shape index (κ2) is 7.71. The first-order chi connectivity index (χ1) is 12.2. The minimum Gasteiger partial charge on any atom is -0.481 e. The quantitative estimate of drug-likeness (QED) is 0.570. The molecule has 2 fully saturated rings. The van der Waals surface area contributed by atoms with E-state index in [4.69, 9.17) is 14.4 Å². The van der Waals surface area contributed by atoms with Gasteiger partial charge in [-0.25, -0.2) is 4.39 Å². The van der Waals surface area contributed by atoms with Crippen LogP contribution in [0.15, 0.2) is 11.3 Å². The highest BCUT2D eigenvalue weighted by molar-refractivity contribution is 6.53. The molecule has 2 rings (SSSR count). The lowest BCUT2D eigenvalue weighted by molar-refractivity contribution is -0.138. The zero-order valence-electron chi connectivity index (χ0n) is 16.0. The molecule has 0 unspecified atom stereocenters. The number of rotatable bonds is 5. The van der Waals surface area contributed by atoms with Crippen LogP contribution < -0.4 is 0 Å². The minimum absolute atomic E-state index is 0.00190. The maximum Gasteiger partial charge on any atom is 0.525 e. The molecule has 154 valence electrons. The van der Waals surface area contributed by atoms with Crippen LogP contribution in [0, 0.1) is 5.92 Å². The average Bonchev–Trinajstić information content (AvgIpc) is 2.72. The molecule has 5 nitrogen and oxygen atoms in total. The molecular formula is C17H26BF4NO4. The van der Waals surface area contributed by atoms with E-state index in [0.717, 1.165) is 0 Å². The Hall–Kier alpha value is -1.13. The normalized spacial score (nSPS) is 24.8. The topological polar surface area (TPSA) is 59.0 Å². The van der Waals surface area contributed by atoms with Gasteiger partial charge in [-0.05, 0) is 59.5 Å². The van der Waals surface area contributed by atoms with Crippen molar-refractivity contribution in [3.8, 4) is 0 Å². The maximum atomic E-state index is 14.8. The summed E-state index contributed by atoms with van der Waals surface area (Å²) < 4.78 is 66.1. The van der Waals surface area contributed by atoms with Crippen LogP contribution in [0.5, 0.6) is 0 Å². The standard InChI is InChI=1S/C17H26BF4NO4/c1-15(2)16(3,4)27-18(26-15)14(19)12(17(20,21)22)10-23-7-5-11(6-8-23)9-13(24)25/h11H,5-10H2,1-4H3,(H,24,25). The zero-order chi connectivity index (χ0) is 20.6. The third-order valence-electron chi connectivity index (χ3n) is 5.64. The molecule has 10 heteroatoms. The predicted molar refractivity (Wildman–Crippen MR) is 91.7 cm³/mol. The molecule has 0 aromatic rings. The van der Waals surface area contributed by atoms with Crippen molar-refractivity contribution in [2.24, 2.45) is 5.92 Å². The number of aliphatic carboxylic acids is 1. The molecule has 0 aromatic carbocycles. The third kappa shape index (κ3) is 5.23. The number of carboxylic acid groups (broad SMARTS) is 1. The van der Waals surface area contributed by atoms with Crippen LogP contribution >= 0.6 is 0 Å². The number of likely N-dealkylation sites (tertiary alicyclic amines) is 1. The molecule has 2 aliphatic rings. The molecule has 2 heterocycles. The van der Waals surface area contributed by atoms with Gasteiger partial charge in [-0.2, -0.15) is 13.2 Å². The van der Waals surface area contributed by atoms with Crippen molar-refractivity contribution in [2.45, 2.75) is 64.3 Å². The summed E-state index contributed by atoms with van der Waals surface area (Å²) in [5, 5.41) is 8.82. The number of carbonyl (C=O) groups is 1. The number of piperidine rings is 1. The number of halogens is 4. The lowest BCUT2D eigenvalue weighted by Crippen LogP contribution is -2.41. The molecule has 1 N–H and O–H groups in total. The first-order valence-corrected chi connectivity index (χ1v) is 8.98. The highest BCUT2D eigenvalue weighted by Gasteiger charge is 2.55. The molecule has 0 aliphatic carbocycles. The van der Waals surface area contributed by atoms with Gasteiger partial charge >= 0.3 is 19.3 Å². The molecule has 2 saturated heterocycles. The van der Waals surface area contributed by atoms with Crippen molar-refractivity contribution in [1.29, 1.82) is 0 Å². The van der Waals surface area contributed by atoms with Crippen LogP contribution in [-0.4, -0.2) is 60.1 Å². The summed E-state index contributed by atoms with van der Waals surface area (Å²) in [5.41, 5.74) is -4.64. The molecule has 27 heavy (non-hydrogen) atoms. The molecule has 0 radical (unpaired) electrons. The van der Waals surface area contributed by atoms with E-state index in [9.17, 15) is 22.4 Å². The summed E-state index contributed by atoms with van der Waals surface area (Å²) in [6.07, 6.45) is -3.92. The van der Waals surface area contributed by atoms with E-state index in [1.807, 2.05) is 0 Å². The number of hydrogen-bond acceptors (Lipinski definition) is 4. The highest BCUT2D eigenvalue weighted by atomic mass is 19.4. The molecular weight excluding hydrogens is 369 g/mol. The molecule has 0 atom stereocenters. The summed E-state index contributed by atoms with van der Waals surface area (Å²) in [6.45, 7) is 6.52. The van der Waals surface area contributed by atoms with Crippen molar-refractivity contribution in [3.63, 3.8) is 0 Å². The van der Waals surface area contributed by atoms with Crippen molar-refractivity contribution in [2.75, 3.05) is 19.6 Å². The van der Waals surface area contributed by atoms with Gasteiger partial charge in [-0.1, -0.05) is 0 Å². The van der Waals surface area contributed by atoms with E-state index >= 15 is 0 Å². The van der Waals surface area contributed by atoms with Crippen molar-refractivity contribution >= 4 is 13.1 Å². The van der Waals surface area contributed by atoms with Gasteiger partial charge in [0.25, 0.3) is 0 Å². The summed E-state index contributed by atoms with van der Waals surface area (Å²) in [5.74, 6) is -0.985. The Kier molecular flexibility index (Phi) is 6.33. The zero-order valence-corrected chi connectivity index (χ0v) is 16.0. The number of nitrogens with zero attached hydrogens (tertiary/aromatic N) is 1. The molecule has 0 saturated carbocycles. The minimum atomic E-state index is -4.86. The van der Waals surface area contributed by atoms with Crippen LogP contribution in [0.1, 0.15) is 47.0 Å². The van der Waals surface area contributed by atoms with Gasteiger partial charge in [0.1, 0.15) is 5.73 Å². The van der Waals surface area contributed by atoms with Gasteiger partial charge in [-0.3, -0.25) is 9.69 Å². The largest absolute Gasteiger partial charge is 0.525 e. The molecule has 0 bridgehead atoms. The lowest BCUT2D eigenvalue weighted by Gasteiger charge is -2.32. The van der Waals surface area contributed by atoms with E-state index in [2.05, 4.69) is 0 Å². The Bertz CT molecular complexity index is 582. The first-order valence-electron chi connectivity index (χ1n) is 8.98. The van der Waals surface area contributed by atoms with Crippen LogP contribution in [-0.2, 0) is 14.1 Å². The summed E-state index contributed by atoms with van der Waals surface area (Å²) in [7, 11) is -1.70. The Labute approximate surface area is 156 Å². The maximum absolute atomic E-state index is 14.8. The first kappa shape index (κ1) is 22.2. The van der Waals surface area contributed by atoms with E-state index in [0.29, 0.717) is 12.8 Å². The second-order valence-electron chi connectivity index (χ2n) is 8.23. The fraction of sp³-hybridized carbons (Fsp3) is 0.824. The Morgan fingerprint density at radius 2 is 1.63 bits per heavy atom. The van der Waals surface area contributed by atoms with E-state index in [-0.39, 0.29) is 25.4 Å². The van der Waals surface area contributed by atoms with Crippen molar-refractivity contribution < 1.29 is 36.8 Å². The number of hydrogen-bond donors (Lipinski definition) is 1. The third-order valence-corrected chi connectivity index (χ3v) is 5.64. The van der Waals surface area contributed by atoms with Crippen LogP contribution in [0.25, 0.3) is 0 Å². The van der Waals surface area contributed by atoms with Gasteiger partial charge in [0.15, 0.2) is 0 Å². The van der Waals surface area contributed by atoms with Crippen LogP contribution in [0.2, 0.25) is 0 Å². The van der Waals surface area contributed by atoms with Gasteiger partial charge in [-0.15, -0.1) is 0 Å². The molecule has 0 aromatic heterocycles. The van der Waals surface area contributed by atoms with Gasteiger partial charge in [0, 0.05) is 13.0 Å². The highest BCUT2D eigenvalue weighted by Crippen LogP contribution is 2.41. The van der Waals surface area contributed by atoms with Crippen molar-refractivity contribution in [1.82, 2.24) is 4.90 Å². The number of carboxylic acids is 1. The van der Waals surface area contributed by atoms with E-state index < -0.39 is 48.3 Å². The fourth-order valence-electron chi connectivity index (χ4n) is 3.21. The summed E-state index contributed by atoms with van der Waals surface area (Å²) >= 11 is 0. The van der Waals surface area contributed by atoms with Gasteiger partial charge in [0.05, 0.1) is 16.8 Å². The van der Waals surface area contributed by atoms with Crippen molar-refractivity contribution in [3.05, 3.63) is 11.3 Å². The Balaban J connectivity index is 2.12. The predicted octanol–water partition coefficient (Wildman–Crippen LogP) is 3.59. The second-order valence-corrected chi connectivity index (χ2v) is 8.23. The molecule has 2 aliphatic heterocycles. The molecule has 0 spiro atoms. The van der Waals surface area contributed by atoms with Gasteiger partial charge < -0.3 is 14.4 Å². The number of alkyl halides is 3. The fourth-order valence-corrected chi connectivity index (χ4v) is 3.21. The smallest absolute Gasteiger partial charge is 0.481 e. The lowest BCUT2D eigenvalue weighted by atomic mass is 9.84. The van der Waals surface area contributed by atoms with Crippen LogP contribution in [0.4, 0.5) is 17.6 Å². The average molecular weight is 395 g/mol. The van der Waals surface area contributed by atoms with E-state index in [1.165, 1.54) is 4.90 Å². The molecule has 0 amide bonds. The Morgan fingerprint density at radius 3 is 2.04 bits per heavy atom. The van der Waals surface area contributed by atoms with Gasteiger partial charge in [0.2, 0.25) is 0 Å².